The largest absolute Gasteiger partial charge is 0.328 e. The molecule has 1 N–H and O–H groups in total. The molecule has 118 valence electrons. The van der Waals surface area contributed by atoms with E-state index in [2.05, 4.69) is 5.32 Å². The van der Waals surface area contributed by atoms with Crippen LogP contribution in [-0.2, 0) is 14.8 Å². The normalized spacial score (nSPS) is 19.0. The molecule has 0 bridgehead atoms. The van der Waals surface area contributed by atoms with Gasteiger partial charge >= 0.3 is 0 Å². The number of benzene rings is 1. The lowest BCUT2D eigenvalue weighted by molar-refractivity contribution is -0.118. The van der Waals surface area contributed by atoms with Gasteiger partial charge in [-0.2, -0.15) is 0 Å². The summed E-state index contributed by atoms with van der Waals surface area (Å²) in [6.45, 7) is 6.19. The van der Waals surface area contributed by atoms with E-state index in [-0.39, 0.29) is 27.8 Å². The number of hydrogen-bond donors (Lipinski definition) is 1. The zero-order chi connectivity index (χ0) is 16.7. The standard InChI is InChI=1S/C15H18N2O4S/c1-9(2)17-14(10(3)16-11(4)18)15(19)12-7-5-6-8-13(12)22(17,20)21/h5-9H,1-4H3,(H,16,18)/b14-10-. The van der Waals surface area contributed by atoms with E-state index in [9.17, 15) is 18.0 Å². The second-order valence-electron chi connectivity index (χ2n) is 5.37. The first-order chi connectivity index (χ1) is 10.2. The number of sulfonamides is 1. The predicted molar refractivity (Wildman–Crippen MR) is 81.5 cm³/mol. The highest BCUT2D eigenvalue weighted by Crippen LogP contribution is 2.34. The molecule has 0 saturated carbocycles. The van der Waals surface area contributed by atoms with Gasteiger partial charge in [-0.1, -0.05) is 12.1 Å². The number of carbonyl (C=O) groups excluding carboxylic acids is 2. The SMILES string of the molecule is CC(=O)N/C(C)=C1/C(=O)c2ccccc2S(=O)(=O)N1C(C)C. The second-order valence-corrected chi connectivity index (χ2v) is 7.16. The fourth-order valence-electron chi connectivity index (χ4n) is 2.53. The number of allylic oxidation sites excluding steroid dienone is 2. The molecule has 0 aliphatic carbocycles. The summed E-state index contributed by atoms with van der Waals surface area (Å²) in [6.07, 6.45) is 0. The van der Waals surface area contributed by atoms with Crippen LogP contribution in [-0.4, -0.2) is 30.5 Å². The zero-order valence-electron chi connectivity index (χ0n) is 12.9. The van der Waals surface area contributed by atoms with Crippen LogP contribution in [0, 0.1) is 0 Å². The molecular formula is C15H18N2O4S. The van der Waals surface area contributed by atoms with Gasteiger partial charge in [-0.05, 0) is 32.9 Å². The number of rotatable bonds is 2. The molecule has 2 rings (SSSR count). The van der Waals surface area contributed by atoms with Gasteiger partial charge in [0.15, 0.2) is 0 Å². The van der Waals surface area contributed by atoms with Crippen molar-refractivity contribution in [1.29, 1.82) is 0 Å². The smallest absolute Gasteiger partial charge is 0.265 e. The zero-order valence-corrected chi connectivity index (χ0v) is 13.7. The Bertz CT molecular complexity index is 778. The minimum absolute atomic E-state index is 0.00641. The van der Waals surface area contributed by atoms with Crippen LogP contribution in [0.1, 0.15) is 38.1 Å². The summed E-state index contributed by atoms with van der Waals surface area (Å²) >= 11 is 0. The van der Waals surface area contributed by atoms with Crippen molar-refractivity contribution < 1.29 is 18.0 Å². The average Bonchev–Trinajstić information content (AvgIpc) is 2.41. The molecule has 7 heteroatoms. The Hall–Kier alpha value is -2.15. The van der Waals surface area contributed by atoms with Gasteiger partial charge in [-0.15, -0.1) is 0 Å². The van der Waals surface area contributed by atoms with Crippen LogP contribution in [0.5, 0.6) is 0 Å². The Kier molecular flexibility index (Phi) is 4.10. The highest BCUT2D eigenvalue weighted by molar-refractivity contribution is 7.89. The lowest BCUT2D eigenvalue weighted by atomic mass is 10.1. The van der Waals surface area contributed by atoms with E-state index in [0.717, 1.165) is 4.31 Å². The molecule has 0 fully saturated rings. The van der Waals surface area contributed by atoms with Gasteiger partial charge in [0.05, 0.1) is 4.90 Å². The number of nitrogens with one attached hydrogen (secondary N) is 1. The topological polar surface area (TPSA) is 83.5 Å². The van der Waals surface area contributed by atoms with Gasteiger partial charge in [-0.25, -0.2) is 8.42 Å². The number of nitrogens with zero attached hydrogens (tertiary/aromatic N) is 1. The molecule has 1 aliphatic rings. The van der Waals surface area contributed by atoms with Crippen LogP contribution in [0.15, 0.2) is 40.6 Å². The van der Waals surface area contributed by atoms with Crippen molar-refractivity contribution in [2.45, 2.75) is 38.6 Å². The third-order valence-electron chi connectivity index (χ3n) is 3.29. The van der Waals surface area contributed by atoms with E-state index in [1.165, 1.54) is 26.0 Å². The monoisotopic (exact) mass is 322 g/mol. The average molecular weight is 322 g/mol. The quantitative estimate of drug-likeness (QED) is 0.839. The molecule has 6 nitrogen and oxygen atoms in total. The molecule has 1 aliphatic heterocycles. The maximum Gasteiger partial charge on any atom is 0.265 e. The van der Waals surface area contributed by atoms with Crippen molar-refractivity contribution in [2.24, 2.45) is 0 Å². The molecule has 1 heterocycles. The van der Waals surface area contributed by atoms with Crippen LogP contribution < -0.4 is 5.32 Å². The second kappa shape index (κ2) is 5.57. The number of ketones is 1. The maximum absolute atomic E-state index is 12.8. The summed E-state index contributed by atoms with van der Waals surface area (Å²) in [5.41, 5.74) is 0.340. The van der Waals surface area contributed by atoms with Gasteiger partial charge < -0.3 is 5.32 Å². The predicted octanol–water partition coefficient (Wildman–Crippen LogP) is 1.65. The first kappa shape index (κ1) is 16.2. The Labute approximate surface area is 129 Å². The van der Waals surface area contributed by atoms with E-state index < -0.39 is 21.8 Å². The number of carbonyl (C=O) groups is 2. The Balaban J connectivity index is 2.80. The van der Waals surface area contributed by atoms with Crippen LogP contribution in [0.4, 0.5) is 0 Å². The first-order valence-electron chi connectivity index (χ1n) is 6.84. The summed E-state index contributed by atoms with van der Waals surface area (Å²) in [5, 5.41) is 2.51. The van der Waals surface area contributed by atoms with Crippen LogP contribution >= 0.6 is 0 Å². The number of Topliss-reactive ketones (excluding diaryl/α,β-unsaturated/α-hetero) is 1. The van der Waals surface area contributed by atoms with E-state index >= 15 is 0 Å². The van der Waals surface area contributed by atoms with Gasteiger partial charge in [0.25, 0.3) is 10.0 Å². The molecular weight excluding hydrogens is 304 g/mol. The molecule has 0 aromatic heterocycles. The molecule has 0 saturated heterocycles. The van der Waals surface area contributed by atoms with Crippen LogP contribution in [0.3, 0.4) is 0 Å². The van der Waals surface area contributed by atoms with E-state index in [1.807, 2.05) is 0 Å². The molecule has 1 aromatic rings. The Morgan fingerprint density at radius 3 is 2.32 bits per heavy atom. The van der Waals surface area contributed by atoms with Gasteiger partial charge in [-0.3, -0.25) is 13.9 Å². The Morgan fingerprint density at radius 1 is 1.18 bits per heavy atom. The third kappa shape index (κ3) is 2.52. The molecule has 0 atom stereocenters. The lowest BCUT2D eigenvalue weighted by Crippen LogP contribution is -2.45. The minimum Gasteiger partial charge on any atom is -0.328 e. The van der Waals surface area contributed by atoms with Gasteiger partial charge in [0.1, 0.15) is 5.70 Å². The number of amides is 1. The summed E-state index contributed by atoms with van der Waals surface area (Å²) in [5.74, 6) is -0.775. The molecule has 1 aromatic carbocycles. The fourth-order valence-corrected chi connectivity index (χ4v) is 4.44. The lowest BCUT2D eigenvalue weighted by Gasteiger charge is -2.35. The van der Waals surface area contributed by atoms with E-state index in [1.54, 1.807) is 26.0 Å². The number of fused-ring (bicyclic) bond motifs is 1. The summed E-state index contributed by atoms with van der Waals surface area (Å²) < 4.78 is 26.7. The number of hydrogen-bond acceptors (Lipinski definition) is 4. The van der Waals surface area contributed by atoms with Crippen molar-refractivity contribution >= 4 is 21.7 Å². The highest BCUT2D eigenvalue weighted by Gasteiger charge is 2.41. The maximum atomic E-state index is 12.8. The van der Waals surface area contributed by atoms with Crippen molar-refractivity contribution in [3.05, 3.63) is 41.2 Å². The summed E-state index contributed by atoms with van der Waals surface area (Å²) in [4.78, 5) is 24.0. The summed E-state index contributed by atoms with van der Waals surface area (Å²) in [7, 11) is -3.84. The molecule has 0 unspecified atom stereocenters. The van der Waals surface area contributed by atoms with Gasteiger partial charge in [0, 0.05) is 24.2 Å². The van der Waals surface area contributed by atoms with Gasteiger partial charge in [0.2, 0.25) is 11.7 Å². The van der Waals surface area contributed by atoms with Crippen LogP contribution in [0.2, 0.25) is 0 Å². The Morgan fingerprint density at radius 2 is 1.77 bits per heavy atom. The van der Waals surface area contributed by atoms with Crippen LogP contribution in [0.25, 0.3) is 0 Å². The van der Waals surface area contributed by atoms with Crippen molar-refractivity contribution in [2.75, 3.05) is 0 Å². The van der Waals surface area contributed by atoms with E-state index in [4.69, 9.17) is 0 Å². The van der Waals surface area contributed by atoms with Crippen molar-refractivity contribution in [3.63, 3.8) is 0 Å². The first-order valence-corrected chi connectivity index (χ1v) is 8.28. The summed E-state index contributed by atoms with van der Waals surface area (Å²) in [6, 6.07) is 5.64. The van der Waals surface area contributed by atoms with E-state index in [0.29, 0.717) is 0 Å². The molecule has 22 heavy (non-hydrogen) atoms. The fraction of sp³-hybridized carbons (Fsp3) is 0.333. The third-order valence-corrected chi connectivity index (χ3v) is 5.33. The van der Waals surface area contributed by atoms with Crippen molar-refractivity contribution in [1.82, 2.24) is 9.62 Å². The highest BCUT2D eigenvalue weighted by atomic mass is 32.2. The molecule has 1 amide bonds. The van der Waals surface area contributed by atoms with Crippen molar-refractivity contribution in [3.8, 4) is 0 Å². The minimum atomic E-state index is -3.84. The molecule has 0 radical (unpaired) electrons. The molecule has 0 spiro atoms.